The second kappa shape index (κ2) is 5.47. The third kappa shape index (κ3) is 4.72. The Bertz CT molecular complexity index is 185. The van der Waals surface area contributed by atoms with Crippen LogP contribution in [0, 0.1) is 5.92 Å². The highest BCUT2D eigenvalue weighted by atomic mass is 16.5. The minimum atomic E-state index is -0.486. The maximum absolute atomic E-state index is 11.3. The average Bonchev–Trinajstić information content (AvgIpc) is 2.93. The van der Waals surface area contributed by atoms with Gasteiger partial charge in [0, 0.05) is 12.3 Å². The Morgan fingerprint density at radius 1 is 1.50 bits per heavy atom. The van der Waals surface area contributed by atoms with Gasteiger partial charge in [-0.05, 0) is 33.1 Å². The van der Waals surface area contributed by atoms with Crippen molar-refractivity contribution < 1.29 is 14.6 Å². The van der Waals surface area contributed by atoms with E-state index >= 15 is 0 Å². The predicted molar refractivity (Wildman–Crippen MR) is 54.1 cm³/mol. The van der Waals surface area contributed by atoms with Gasteiger partial charge >= 0.3 is 0 Å². The predicted octanol–water partition coefficient (Wildman–Crippen LogP) is 1.53. The summed E-state index contributed by atoms with van der Waals surface area (Å²) in [7, 11) is 0. The molecule has 0 aliphatic heterocycles. The van der Waals surface area contributed by atoms with E-state index in [1.165, 1.54) is 0 Å². The fourth-order valence-corrected chi connectivity index (χ4v) is 1.31. The van der Waals surface area contributed by atoms with Gasteiger partial charge in [-0.25, -0.2) is 0 Å². The van der Waals surface area contributed by atoms with Gasteiger partial charge in [0.15, 0.2) is 0 Å². The molecular formula is C11H20O3. The molecule has 1 aliphatic rings. The molecule has 3 nitrogen and oxygen atoms in total. The summed E-state index contributed by atoms with van der Waals surface area (Å²) in [5.41, 5.74) is 0. The Kier molecular flexibility index (Phi) is 4.55. The van der Waals surface area contributed by atoms with Crippen molar-refractivity contribution in [2.24, 2.45) is 5.92 Å². The van der Waals surface area contributed by atoms with Gasteiger partial charge < -0.3 is 9.84 Å². The molecule has 0 radical (unpaired) electrons. The molecule has 3 heteroatoms. The van der Waals surface area contributed by atoms with Crippen molar-refractivity contribution >= 4 is 5.78 Å². The number of rotatable bonds is 7. The molecule has 0 aromatic heterocycles. The lowest BCUT2D eigenvalue weighted by Gasteiger charge is -2.12. The molecule has 1 unspecified atom stereocenters. The lowest BCUT2D eigenvalue weighted by Crippen LogP contribution is -2.19. The summed E-state index contributed by atoms with van der Waals surface area (Å²) in [6.45, 7) is 4.21. The third-order valence-corrected chi connectivity index (χ3v) is 2.38. The van der Waals surface area contributed by atoms with Gasteiger partial charge in [-0.3, -0.25) is 4.79 Å². The zero-order chi connectivity index (χ0) is 10.6. The maximum Gasteiger partial charge on any atom is 0.136 e. The molecule has 1 atom stereocenters. The summed E-state index contributed by atoms with van der Waals surface area (Å²) in [4.78, 5) is 11.3. The molecule has 0 amide bonds. The summed E-state index contributed by atoms with van der Waals surface area (Å²) in [6.07, 6.45) is 2.81. The van der Waals surface area contributed by atoms with Crippen LogP contribution in [0.4, 0.5) is 0 Å². The molecule has 1 aliphatic carbocycles. The van der Waals surface area contributed by atoms with Crippen LogP contribution >= 0.6 is 0 Å². The molecule has 0 bridgehead atoms. The SMILES string of the molecule is CC(C)OCC(O)CCC(=O)C1CC1. The zero-order valence-corrected chi connectivity index (χ0v) is 9.03. The first-order valence-electron chi connectivity index (χ1n) is 5.42. The number of carbonyl (C=O) groups is 1. The van der Waals surface area contributed by atoms with Gasteiger partial charge in [0.25, 0.3) is 0 Å². The highest BCUT2D eigenvalue weighted by molar-refractivity contribution is 5.83. The molecular weight excluding hydrogens is 180 g/mol. The molecule has 0 aromatic rings. The highest BCUT2D eigenvalue weighted by Gasteiger charge is 2.29. The molecule has 0 saturated heterocycles. The smallest absolute Gasteiger partial charge is 0.136 e. The van der Waals surface area contributed by atoms with Crippen LogP contribution < -0.4 is 0 Å². The standard InChI is InChI=1S/C11H20O3/c1-8(2)14-7-10(12)5-6-11(13)9-3-4-9/h8-10,12H,3-7H2,1-2H3. The van der Waals surface area contributed by atoms with Crippen LogP contribution in [0.5, 0.6) is 0 Å². The van der Waals surface area contributed by atoms with Gasteiger partial charge in [0.2, 0.25) is 0 Å². The van der Waals surface area contributed by atoms with Crippen molar-refractivity contribution in [3.63, 3.8) is 0 Å². The number of Topliss-reactive ketones (excluding diaryl/α,β-unsaturated/α-hetero) is 1. The fourth-order valence-electron chi connectivity index (χ4n) is 1.31. The first-order chi connectivity index (χ1) is 6.59. The molecule has 0 heterocycles. The Morgan fingerprint density at radius 2 is 2.14 bits per heavy atom. The van der Waals surface area contributed by atoms with Crippen LogP contribution in [-0.2, 0) is 9.53 Å². The average molecular weight is 200 g/mol. The second-order valence-electron chi connectivity index (χ2n) is 4.32. The van der Waals surface area contributed by atoms with E-state index in [9.17, 15) is 9.90 Å². The number of hydrogen-bond acceptors (Lipinski definition) is 3. The van der Waals surface area contributed by atoms with E-state index < -0.39 is 6.10 Å². The molecule has 1 rings (SSSR count). The van der Waals surface area contributed by atoms with Crippen molar-refractivity contribution in [3.8, 4) is 0 Å². The number of ether oxygens (including phenoxy) is 1. The Morgan fingerprint density at radius 3 is 2.64 bits per heavy atom. The van der Waals surface area contributed by atoms with E-state index in [0.717, 1.165) is 12.8 Å². The molecule has 1 N–H and O–H groups in total. The molecule has 0 aromatic carbocycles. The Hall–Kier alpha value is -0.410. The van der Waals surface area contributed by atoms with Crippen LogP contribution in [0.1, 0.15) is 39.5 Å². The first kappa shape index (κ1) is 11.7. The lowest BCUT2D eigenvalue weighted by atomic mass is 10.1. The highest BCUT2D eigenvalue weighted by Crippen LogP contribution is 2.31. The van der Waals surface area contributed by atoms with E-state index in [4.69, 9.17) is 4.74 Å². The largest absolute Gasteiger partial charge is 0.391 e. The molecule has 1 saturated carbocycles. The fraction of sp³-hybridized carbons (Fsp3) is 0.909. The first-order valence-corrected chi connectivity index (χ1v) is 5.42. The van der Waals surface area contributed by atoms with E-state index in [1.807, 2.05) is 13.8 Å². The van der Waals surface area contributed by atoms with Gasteiger partial charge in [-0.1, -0.05) is 0 Å². The van der Waals surface area contributed by atoms with Crippen LogP contribution in [0.2, 0.25) is 0 Å². The normalized spacial score (nSPS) is 18.6. The Labute approximate surface area is 85.5 Å². The summed E-state index contributed by atoms with van der Waals surface area (Å²) in [5, 5.41) is 9.47. The minimum absolute atomic E-state index is 0.142. The van der Waals surface area contributed by atoms with E-state index in [2.05, 4.69) is 0 Å². The van der Waals surface area contributed by atoms with Crippen molar-refractivity contribution in [3.05, 3.63) is 0 Å². The maximum atomic E-state index is 11.3. The van der Waals surface area contributed by atoms with Crippen molar-refractivity contribution in [2.45, 2.75) is 51.7 Å². The number of carbonyl (C=O) groups excluding carboxylic acids is 1. The molecule has 0 spiro atoms. The zero-order valence-electron chi connectivity index (χ0n) is 9.03. The summed E-state index contributed by atoms with van der Waals surface area (Å²) >= 11 is 0. The van der Waals surface area contributed by atoms with Crippen LogP contribution in [0.3, 0.4) is 0 Å². The minimum Gasteiger partial charge on any atom is -0.391 e. The van der Waals surface area contributed by atoms with E-state index in [-0.39, 0.29) is 6.10 Å². The van der Waals surface area contributed by atoms with Crippen molar-refractivity contribution in [2.75, 3.05) is 6.61 Å². The second-order valence-corrected chi connectivity index (χ2v) is 4.32. The number of aliphatic hydroxyl groups is 1. The third-order valence-electron chi connectivity index (χ3n) is 2.38. The van der Waals surface area contributed by atoms with Crippen molar-refractivity contribution in [1.29, 1.82) is 0 Å². The number of aliphatic hydroxyl groups excluding tert-OH is 1. The monoisotopic (exact) mass is 200 g/mol. The van der Waals surface area contributed by atoms with Crippen LogP contribution in [-0.4, -0.2) is 29.7 Å². The van der Waals surface area contributed by atoms with Crippen LogP contribution in [0.25, 0.3) is 0 Å². The van der Waals surface area contributed by atoms with Gasteiger partial charge in [0.05, 0.1) is 18.8 Å². The quantitative estimate of drug-likeness (QED) is 0.678. The summed E-state index contributed by atoms with van der Waals surface area (Å²) in [6, 6.07) is 0. The summed E-state index contributed by atoms with van der Waals surface area (Å²) < 4.78 is 5.25. The van der Waals surface area contributed by atoms with E-state index in [0.29, 0.717) is 31.1 Å². The van der Waals surface area contributed by atoms with Gasteiger partial charge in [-0.2, -0.15) is 0 Å². The number of hydrogen-bond donors (Lipinski definition) is 1. The van der Waals surface area contributed by atoms with Crippen LogP contribution in [0.15, 0.2) is 0 Å². The van der Waals surface area contributed by atoms with Gasteiger partial charge in [0.1, 0.15) is 5.78 Å². The summed E-state index contributed by atoms with van der Waals surface area (Å²) in [5.74, 6) is 0.627. The molecule has 14 heavy (non-hydrogen) atoms. The number of ketones is 1. The topological polar surface area (TPSA) is 46.5 Å². The van der Waals surface area contributed by atoms with Gasteiger partial charge in [-0.15, -0.1) is 0 Å². The van der Waals surface area contributed by atoms with E-state index in [1.54, 1.807) is 0 Å². The van der Waals surface area contributed by atoms with Crippen molar-refractivity contribution in [1.82, 2.24) is 0 Å². The Balaban J connectivity index is 2.01. The lowest BCUT2D eigenvalue weighted by molar-refractivity contribution is -0.121. The molecule has 82 valence electrons. The molecule has 1 fully saturated rings.